The van der Waals surface area contributed by atoms with Crippen LogP contribution in [0, 0.1) is 24.6 Å². The molecule has 0 spiro atoms. The molecule has 2 aromatic carbocycles. The second-order valence-corrected chi connectivity index (χ2v) is 14.2. The Kier molecular flexibility index (Phi) is 9.97. The van der Waals surface area contributed by atoms with Gasteiger partial charge in [0.15, 0.2) is 39.2 Å². The van der Waals surface area contributed by atoms with Crippen LogP contribution in [0.25, 0.3) is 10.2 Å². The number of ether oxygens (including phenoxy) is 1. The molecule has 2 N–H and O–H groups in total. The van der Waals surface area contributed by atoms with Crippen molar-refractivity contribution in [1.29, 1.82) is 0 Å². The van der Waals surface area contributed by atoms with Crippen LogP contribution in [0.3, 0.4) is 0 Å². The van der Waals surface area contributed by atoms with E-state index >= 15 is 0 Å². The highest BCUT2D eigenvalue weighted by atomic mass is 32.1. The molecule has 1 saturated heterocycles. The van der Waals surface area contributed by atoms with Gasteiger partial charge in [-0.25, -0.2) is 19.2 Å². The third-order valence-electron chi connectivity index (χ3n) is 8.75. The van der Waals surface area contributed by atoms with E-state index in [1.54, 1.807) is 23.5 Å². The van der Waals surface area contributed by atoms with Gasteiger partial charge in [-0.1, -0.05) is 41.7 Å². The number of fused-ring (bicyclic) bond motifs is 2. The van der Waals surface area contributed by atoms with Crippen molar-refractivity contribution in [2.45, 2.75) is 51.9 Å². The van der Waals surface area contributed by atoms with Crippen LogP contribution < -0.4 is 15.0 Å². The van der Waals surface area contributed by atoms with Crippen LogP contribution in [0.2, 0.25) is 0 Å². The Bertz CT molecular complexity index is 2010. The van der Waals surface area contributed by atoms with Gasteiger partial charge < -0.3 is 20.1 Å². The number of nitrogens with zero attached hydrogens (tertiary/aromatic N) is 6. The largest absolute Gasteiger partial charge is 0.491 e. The summed E-state index contributed by atoms with van der Waals surface area (Å²) in [6, 6.07) is 12.7. The minimum Gasteiger partial charge on any atom is -0.491 e. The Hall–Kier alpha value is -4.64. The van der Waals surface area contributed by atoms with Gasteiger partial charge in [-0.2, -0.15) is 0 Å². The Labute approximate surface area is 292 Å². The lowest BCUT2D eigenvalue weighted by Gasteiger charge is -2.28. The Morgan fingerprint density at radius 2 is 1.92 bits per heavy atom. The smallest absolute Gasteiger partial charge is 0.355 e. The molecular weight excluding hydrogens is 662 g/mol. The van der Waals surface area contributed by atoms with E-state index in [0.717, 1.165) is 52.4 Å². The van der Waals surface area contributed by atoms with Crippen molar-refractivity contribution in [3.8, 4) is 17.6 Å². The lowest BCUT2D eigenvalue weighted by atomic mass is 10.0. The van der Waals surface area contributed by atoms with Gasteiger partial charge in [0.05, 0.1) is 23.4 Å². The van der Waals surface area contributed by atoms with Gasteiger partial charge in [-0.15, -0.1) is 21.5 Å². The number of rotatable bonds is 10. The molecule has 5 heterocycles. The van der Waals surface area contributed by atoms with E-state index in [0.29, 0.717) is 53.1 Å². The molecule has 0 saturated carbocycles. The summed E-state index contributed by atoms with van der Waals surface area (Å²) in [5.74, 6) is 6.15. The van der Waals surface area contributed by atoms with Crippen molar-refractivity contribution in [3.05, 3.63) is 75.5 Å². The molecule has 13 heteroatoms. The third-order valence-corrected chi connectivity index (χ3v) is 10.8. The van der Waals surface area contributed by atoms with E-state index in [1.165, 1.54) is 36.7 Å². The van der Waals surface area contributed by atoms with Crippen LogP contribution in [0.1, 0.15) is 64.2 Å². The number of nitrogens with one attached hydrogen (secondary N) is 1. The lowest BCUT2D eigenvalue weighted by molar-refractivity contribution is 0.0690. The topological polar surface area (TPSA) is 117 Å². The van der Waals surface area contributed by atoms with Crippen molar-refractivity contribution in [1.82, 2.24) is 25.1 Å². The predicted molar refractivity (Wildman–Crippen MR) is 191 cm³/mol. The fourth-order valence-electron chi connectivity index (χ4n) is 6.18. The first-order chi connectivity index (χ1) is 23.9. The number of piperidine rings is 1. The molecule has 2 aliphatic heterocycles. The molecular formula is C36H36FN7O3S2. The molecule has 5 aromatic rings. The van der Waals surface area contributed by atoms with Gasteiger partial charge in [-0.3, -0.25) is 4.90 Å². The Morgan fingerprint density at radius 1 is 1.06 bits per heavy atom. The number of thiazole rings is 2. The monoisotopic (exact) mass is 697 g/mol. The summed E-state index contributed by atoms with van der Waals surface area (Å²) < 4.78 is 21.6. The molecule has 10 nitrogen and oxygen atoms in total. The van der Waals surface area contributed by atoms with E-state index in [9.17, 15) is 14.3 Å². The summed E-state index contributed by atoms with van der Waals surface area (Å²) in [5, 5.41) is 23.7. The number of hydrogen-bond donors (Lipinski definition) is 2. The van der Waals surface area contributed by atoms with Gasteiger partial charge in [0.1, 0.15) is 0 Å². The second kappa shape index (κ2) is 14.9. The molecule has 2 aliphatic rings. The number of aromatic carboxylic acids is 1. The Balaban J connectivity index is 0.991. The van der Waals surface area contributed by atoms with Gasteiger partial charge in [0.25, 0.3) is 0 Å². The SMILES string of the molecule is Cc1c(Nc2nc3ccccc3s2)nnc2c1CCCN2c1nc(C(=O)O)c(CCCOc2ccc(C#CCN3CCCCC3)cc2F)s1. The highest BCUT2D eigenvalue weighted by Crippen LogP contribution is 2.39. The fraction of sp³-hybridized carbons (Fsp3) is 0.361. The maximum absolute atomic E-state index is 14.8. The Morgan fingerprint density at radius 3 is 2.73 bits per heavy atom. The third kappa shape index (κ3) is 7.51. The zero-order valence-electron chi connectivity index (χ0n) is 27.2. The van der Waals surface area contributed by atoms with E-state index in [4.69, 9.17) is 4.74 Å². The first-order valence-electron chi connectivity index (χ1n) is 16.6. The fourth-order valence-corrected chi connectivity index (χ4v) is 8.17. The lowest BCUT2D eigenvalue weighted by Crippen LogP contribution is -2.29. The van der Waals surface area contributed by atoms with Gasteiger partial charge in [0.2, 0.25) is 0 Å². The highest BCUT2D eigenvalue weighted by molar-refractivity contribution is 7.22. The molecule has 0 unspecified atom stereocenters. The quantitative estimate of drug-likeness (QED) is 0.113. The minimum absolute atomic E-state index is 0.0181. The first-order valence-corrected chi connectivity index (χ1v) is 18.2. The van der Waals surface area contributed by atoms with E-state index in [-0.39, 0.29) is 18.1 Å². The normalized spacial score (nSPS) is 14.7. The van der Waals surface area contributed by atoms with Crippen molar-refractivity contribution in [3.63, 3.8) is 0 Å². The van der Waals surface area contributed by atoms with Crippen LogP contribution in [-0.2, 0) is 12.8 Å². The van der Waals surface area contributed by atoms with Gasteiger partial charge in [-0.05, 0) is 88.9 Å². The molecule has 0 amide bonds. The highest BCUT2D eigenvalue weighted by Gasteiger charge is 2.28. The number of likely N-dealkylation sites (tertiary alicyclic amines) is 1. The summed E-state index contributed by atoms with van der Waals surface area (Å²) in [6.45, 7) is 5.73. The summed E-state index contributed by atoms with van der Waals surface area (Å²) in [5.41, 5.74) is 3.59. The average Bonchev–Trinajstić information content (AvgIpc) is 3.73. The summed E-state index contributed by atoms with van der Waals surface area (Å²) >= 11 is 2.90. The number of hydrogen-bond acceptors (Lipinski definition) is 11. The van der Waals surface area contributed by atoms with Crippen LogP contribution >= 0.6 is 22.7 Å². The standard InChI is InChI=1S/C36H36FN7O3S2/c1-23-25-11-8-20-44(33(25)42-41-32(23)40-35-38-27-12-3-4-13-29(27)48-35)36-39-31(34(45)46)30(49-36)14-9-21-47-28-16-15-24(22-26(28)37)10-7-19-43-17-5-2-6-18-43/h3-4,12-13,15-16,22H,2,5-6,8-9,11,14,17-21H2,1H3,(H,45,46)(H,38,40,41). The zero-order chi connectivity index (χ0) is 33.7. The maximum Gasteiger partial charge on any atom is 0.355 e. The van der Waals surface area contributed by atoms with Gasteiger partial charge >= 0.3 is 5.97 Å². The van der Waals surface area contributed by atoms with E-state index < -0.39 is 11.8 Å². The number of para-hydroxylation sites is 1. The van der Waals surface area contributed by atoms with E-state index in [2.05, 4.69) is 42.2 Å². The number of carbonyl (C=O) groups is 1. The van der Waals surface area contributed by atoms with Gasteiger partial charge in [0, 0.05) is 28.1 Å². The molecule has 1 fully saturated rings. The number of anilines is 4. The number of carboxylic acid groups (broad SMARTS) is 1. The maximum atomic E-state index is 14.8. The minimum atomic E-state index is -1.09. The summed E-state index contributed by atoms with van der Waals surface area (Å²) in [6.07, 6.45) is 6.30. The number of aromatic nitrogens is 4. The molecule has 7 rings (SSSR count). The summed E-state index contributed by atoms with van der Waals surface area (Å²) in [4.78, 5) is 26.3. The van der Waals surface area contributed by atoms with Crippen molar-refractivity contribution < 1.29 is 19.0 Å². The molecule has 3 aromatic heterocycles. The molecule has 0 atom stereocenters. The number of halogens is 1. The van der Waals surface area contributed by atoms with Crippen molar-refractivity contribution >= 4 is 60.8 Å². The van der Waals surface area contributed by atoms with E-state index in [1.807, 2.05) is 36.1 Å². The number of benzene rings is 2. The van der Waals surface area contributed by atoms with Crippen molar-refractivity contribution in [2.24, 2.45) is 0 Å². The molecule has 0 radical (unpaired) electrons. The van der Waals surface area contributed by atoms with Crippen molar-refractivity contribution in [2.75, 3.05) is 43.0 Å². The summed E-state index contributed by atoms with van der Waals surface area (Å²) in [7, 11) is 0. The number of carboxylic acids is 1. The van der Waals surface area contributed by atoms with Crippen LogP contribution in [0.5, 0.6) is 5.75 Å². The zero-order valence-corrected chi connectivity index (χ0v) is 28.8. The van der Waals surface area contributed by atoms with Crippen LogP contribution in [0.15, 0.2) is 42.5 Å². The number of aryl methyl sites for hydroxylation is 1. The molecule has 252 valence electrons. The first kappa shape index (κ1) is 32.9. The molecule has 49 heavy (non-hydrogen) atoms. The molecule has 0 bridgehead atoms. The second-order valence-electron chi connectivity index (χ2n) is 12.2. The van der Waals surface area contributed by atoms with Crippen LogP contribution in [0.4, 0.5) is 26.3 Å². The van der Waals surface area contributed by atoms with Crippen LogP contribution in [-0.4, -0.2) is 68.9 Å². The average molecular weight is 698 g/mol. The predicted octanol–water partition coefficient (Wildman–Crippen LogP) is 7.37. The molecule has 0 aliphatic carbocycles.